The summed E-state index contributed by atoms with van der Waals surface area (Å²) in [4.78, 5) is 22.8. The van der Waals surface area contributed by atoms with Crippen LogP contribution in [0.25, 0.3) is 0 Å². The number of carbonyl (C=O) groups excluding carboxylic acids is 2. The summed E-state index contributed by atoms with van der Waals surface area (Å²) in [5.74, 6) is -0.748. The molecule has 0 spiro atoms. The van der Waals surface area contributed by atoms with Crippen molar-refractivity contribution >= 4 is 33.2 Å². The summed E-state index contributed by atoms with van der Waals surface area (Å²) in [5, 5.41) is 5.20. The lowest BCUT2D eigenvalue weighted by Gasteiger charge is -2.09. The summed E-state index contributed by atoms with van der Waals surface area (Å²) in [6.07, 6.45) is 0.377. The van der Waals surface area contributed by atoms with Crippen LogP contribution in [0.5, 0.6) is 0 Å². The number of anilines is 2. The van der Waals surface area contributed by atoms with Gasteiger partial charge in [0.2, 0.25) is 21.8 Å². The van der Waals surface area contributed by atoms with Gasteiger partial charge < -0.3 is 10.6 Å². The fraction of sp³-hybridized carbons (Fsp3) is 0.222. The van der Waals surface area contributed by atoms with Crippen molar-refractivity contribution in [2.24, 2.45) is 0 Å². The molecule has 0 aliphatic carbocycles. The Morgan fingerprint density at radius 2 is 1.46 bits per heavy atom. The number of rotatable bonds is 8. The molecule has 0 aromatic heterocycles. The summed E-state index contributed by atoms with van der Waals surface area (Å²) in [6.45, 7) is 1.06. The Balaban J connectivity index is 1.79. The molecule has 2 rings (SSSR count). The highest BCUT2D eigenvalue weighted by Gasteiger charge is 2.12. The van der Waals surface area contributed by atoms with Crippen molar-refractivity contribution < 1.29 is 18.0 Å². The van der Waals surface area contributed by atoms with Gasteiger partial charge in [0.05, 0.1) is 12.3 Å². The van der Waals surface area contributed by atoms with E-state index in [-0.39, 0.29) is 18.2 Å². The lowest BCUT2D eigenvalue weighted by Crippen LogP contribution is -2.34. The van der Waals surface area contributed by atoms with Crippen LogP contribution in [0.2, 0.25) is 0 Å². The number of sulfonamides is 1. The van der Waals surface area contributed by atoms with Gasteiger partial charge in [0.1, 0.15) is 0 Å². The Morgan fingerprint density at radius 1 is 0.885 bits per heavy atom. The predicted octanol–water partition coefficient (Wildman–Crippen LogP) is 1.75. The molecule has 0 unspecified atom stereocenters. The van der Waals surface area contributed by atoms with Crippen LogP contribution in [0.1, 0.15) is 12.5 Å². The van der Waals surface area contributed by atoms with Crippen molar-refractivity contribution in [1.82, 2.24) is 4.72 Å². The minimum absolute atomic E-state index is 0.0876. The molecule has 0 radical (unpaired) electrons. The molecule has 0 bridgehead atoms. The molecule has 0 saturated heterocycles. The number of carbonyl (C=O) groups is 2. The van der Waals surface area contributed by atoms with E-state index in [4.69, 9.17) is 0 Å². The van der Waals surface area contributed by atoms with Gasteiger partial charge in [-0.3, -0.25) is 9.59 Å². The summed E-state index contributed by atoms with van der Waals surface area (Å²) >= 11 is 0. The number of hydrogen-bond donors (Lipinski definition) is 3. The van der Waals surface area contributed by atoms with Crippen molar-refractivity contribution in [2.75, 3.05) is 22.9 Å². The Hall–Kier alpha value is -2.71. The summed E-state index contributed by atoms with van der Waals surface area (Å²) < 4.78 is 26.2. The highest BCUT2D eigenvalue weighted by Crippen LogP contribution is 2.13. The van der Waals surface area contributed by atoms with Crippen LogP contribution in [0.3, 0.4) is 0 Å². The van der Waals surface area contributed by atoms with Gasteiger partial charge in [0.15, 0.2) is 0 Å². The van der Waals surface area contributed by atoms with Gasteiger partial charge >= 0.3 is 0 Å². The van der Waals surface area contributed by atoms with Gasteiger partial charge in [-0.1, -0.05) is 30.3 Å². The van der Waals surface area contributed by atoms with Crippen LogP contribution in [-0.4, -0.2) is 32.5 Å². The van der Waals surface area contributed by atoms with E-state index in [2.05, 4.69) is 15.4 Å². The van der Waals surface area contributed by atoms with Gasteiger partial charge in [0, 0.05) is 18.3 Å². The third kappa shape index (κ3) is 7.04. The van der Waals surface area contributed by atoms with Crippen LogP contribution in [-0.2, 0) is 26.0 Å². The maximum absolute atomic E-state index is 12.0. The Kier molecular flexibility index (Phi) is 6.88. The molecule has 0 heterocycles. The van der Waals surface area contributed by atoms with Gasteiger partial charge in [-0.25, -0.2) is 13.1 Å². The molecule has 26 heavy (non-hydrogen) atoms. The van der Waals surface area contributed by atoms with Crippen molar-refractivity contribution in [3.05, 3.63) is 60.2 Å². The molecule has 3 N–H and O–H groups in total. The van der Waals surface area contributed by atoms with Gasteiger partial charge in [-0.15, -0.1) is 0 Å². The van der Waals surface area contributed by atoms with E-state index in [0.717, 1.165) is 5.56 Å². The molecule has 7 nitrogen and oxygen atoms in total. The van der Waals surface area contributed by atoms with Crippen LogP contribution in [0.4, 0.5) is 11.4 Å². The van der Waals surface area contributed by atoms with E-state index in [9.17, 15) is 18.0 Å². The second-order valence-electron chi connectivity index (χ2n) is 5.68. The van der Waals surface area contributed by atoms with Crippen molar-refractivity contribution in [3.8, 4) is 0 Å². The van der Waals surface area contributed by atoms with E-state index in [1.165, 1.54) is 6.92 Å². The fourth-order valence-corrected chi connectivity index (χ4v) is 3.19. The number of nitrogens with one attached hydrogen (secondary N) is 3. The number of aryl methyl sites for hydroxylation is 1. The van der Waals surface area contributed by atoms with Gasteiger partial charge in [0.25, 0.3) is 0 Å². The SMILES string of the molecule is CC(=O)Nc1ccc(NC(=O)CNS(=O)(=O)CCc2ccccc2)cc1. The van der Waals surface area contributed by atoms with Crippen LogP contribution in [0.15, 0.2) is 54.6 Å². The molecule has 2 aromatic rings. The normalized spacial score (nSPS) is 11.0. The molecular weight excluding hydrogens is 354 g/mol. The van der Waals surface area contributed by atoms with Crippen LogP contribution < -0.4 is 15.4 Å². The van der Waals surface area contributed by atoms with Crippen LogP contribution in [0, 0.1) is 0 Å². The first-order valence-corrected chi connectivity index (χ1v) is 9.68. The molecule has 138 valence electrons. The van der Waals surface area contributed by atoms with E-state index in [1.54, 1.807) is 24.3 Å². The molecule has 0 aliphatic rings. The second kappa shape index (κ2) is 9.12. The van der Waals surface area contributed by atoms with E-state index < -0.39 is 15.9 Å². The summed E-state index contributed by atoms with van der Waals surface area (Å²) in [5.41, 5.74) is 2.03. The Labute approximate surface area is 152 Å². The zero-order valence-corrected chi connectivity index (χ0v) is 15.2. The average Bonchev–Trinajstić information content (AvgIpc) is 2.61. The summed E-state index contributed by atoms with van der Waals surface area (Å²) in [6, 6.07) is 15.8. The minimum atomic E-state index is -3.55. The third-order valence-corrected chi connectivity index (χ3v) is 4.77. The van der Waals surface area contributed by atoms with Crippen molar-refractivity contribution in [1.29, 1.82) is 0 Å². The molecule has 0 atom stereocenters. The van der Waals surface area contributed by atoms with E-state index in [1.807, 2.05) is 30.3 Å². The number of benzene rings is 2. The minimum Gasteiger partial charge on any atom is -0.326 e. The first-order chi connectivity index (χ1) is 12.3. The predicted molar refractivity (Wildman–Crippen MR) is 101 cm³/mol. The van der Waals surface area contributed by atoms with E-state index >= 15 is 0 Å². The number of hydrogen-bond acceptors (Lipinski definition) is 4. The van der Waals surface area contributed by atoms with Gasteiger partial charge in [-0.2, -0.15) is 0 Å². The zero-order chi connectivity index (χ0) is 19.0. The summed E-state index contributed by atoms with van der Waals surface area (Å²) in [7, 11) is -3.55. The van der Waals surface area contributed by atoms with Gasteiger partial charge in [-0.05, 0) is 36.2 Å². The Bertz CT molecular complexity index is 850. The molecule has 2 amide bonds. The molecule has 8 heteroatoms. The molecular formula is C18H21N3O4S. The average molecular weight is 375 g/mol. The smallest absolute Gasteiger partial charge is 0.239 e. The lowest BCUT2D eigenvalue weighted by molar-refractivity contribution is -0.115. The molecule has 0 saturated carbocycles. The lowest BCUT2D eigenvalue weighted by atomic mass is 10.2. The first kappa shape index (κ1) is 19.6. The highest BCUT2D eigenvalue weighted by atomic mass is 32.2. The molecule has 0 aliphatic heterocycles. The quantitative estimate of drug-likeness (QED) is 0.654. The first-order valence-electron chi connectivity index (χ1n) is 8.03. The van der Waals surface area contributed by atoms with Crippen LogP contribution >= 0.6 is 0 Å². The molecule has 2 aromatic carbocycles. The largest absolute Gasteiger partial charge is 0.326 e. The maximum atomic E-state index is 12.0. The zero-order valence-electron chi connectivity index (χ0n) is 14.4. The topological polar surface area (TPSA) is 104 Å². The maximum Gasteiger partial charge on any atom is 0.239 e. The third-order valence-electron chi connectivity index (χ3n) is 3.44. The van der Waals surface area contributed by atoms with Crippen molar-refractivity contribution in [3.63, 3.8) is 0 Å². The standard InChI is InChI=1S/C18H21N3O4S/c1-14(22)20-16-7-9-17(10-8-16)21-18(23)13-19-26(24,25)12-11-15-5-3-2-4-6-15/h2-10,19H,11-13H2,1H3,(H,20,22)(H,21,23). The van der Waals surface area contributed by atoms with E-state index in [0.29, 0.717) is 17.8 Å². The van der Waals surface area contributed by atoms with Crippen molar-refractivity contribution in [2.45, 2.75) is 13.3 Å². The highest BCUT2D eigenvalue weighted by molar-refractivity contribution is 7.89. The molecule has 0 fully saturated rings. The second-order valence-corrected chi connectivity index (χ2v) is 7.61. The fourth-order valence-electron chi connectivity index (χ4n) is 2.19. The Morgan fingerprint density at radius 3 is 2.04 bits per heavy atom. The number of amides is 2. The monoisotopic (exact) mass is 375 g/mol.